The van der Waals surface area contributed by atoms with E-state index in [0.29, 0.717) is 22.6 Å². The highest BCUT2D eigenvalue weighted by Gasteiger charge is 2.23. The molecule has 1 atom stereocenters. The van der Waals surface area contributed by atoms with Crippen LogP contribution in [0.4, 0.5) is 4.39 Å². The average molecular weight is 405 g/mol. The van der Waals surface area contributed by atoms with Gasteiger partial charge < -0.3 is 14.3 Å². The lowest BCUT2D eigenvalue weighted by Gasteiger charge is -2.13. The minimum atomic E-state index is -0.412. The number of hydrogen-bond donors (Lipinski definition) is 1. The summed E-state index contributed by atoms with van der Waals surface area (Å²) in [7, 11) is 0. The summed E-state index contributed by atoms with van der Waals surface area (Å²) in [5.74, 6) is -0.425. The Kier molecular flexibility index (Phi) is 5.18. The van der Waals surface area contributed by atoms with Crippen molar-refractivity contribution in [2.45, 2.75) is 26.4 Å². The second-order valence-electron chi connectivity index (χ2n) is 7.10. The molecule has 0 saturated carbocycles. The zero-order valence-corrected chi connectivity index (χ0v) is 16.6. The molecule has 0 bridgehead atoms. The molecule has 7 heteroatoms. The van der Waals surface area contributed by atoms with Gasteiger partial charge in [-0.2, -0.15) is 0 Å². The van der Waals surface area contributed by atoms with E-state index in [4.69, 9.17) is 4.42 Å². The number of aromatic nitrogens is 2. The summed E-state index contributed by atoms with van der Waals surface area (Å²) in [4.78, 5) is 30.4. The van der Waals surface area contributed by atoms with E-state index in [0.717, 1.165) is 0 Å². The Bertz CT molecular complexity index is 1280. The number of hydrogen-bond acceptors (Lipinski definition) is 4. The third-order valence-corrected chi connectivity index (χ3v) is 4.94. The standard InChI is InChI=1S/C23H20FN3O3/c1-14(18-8-3-4-10-25-18)26-22(28)20-15(2)30-19-9-11-27(23(29)21(19)20)13-16-6-5-7-17(24)12-16/h3-12,14H,13H2,1-2H3,(H,26,28)/t14-/m0/s1. The molecule has 4 aromatic rings. The molecule has 0 aliphatic rings. The molecule has 0 radical (unpaired) electrons. The second kappa shape index (κ2) is 7.94. The van der Waals surface area contributed by atoms with Crippen molar-refractivity contribution in [3.8, 4) is 0 Å². The van der Waals surface area contributed by atoms with Gasteiger partial charge in [0.25, 0.3) is 11.5 Å². The molecule has 3 heterocycles. The van der Waals surface area contributed by atoms with Crippen LogP contribution < -0.4 is 10.9 Å². The molecule has 30 heavy (non-hydrogen) atoms. The van der Waals surface area contributed by atoms with Crippen LogP contribution in [0.5, 0.6) is 0 Å². The van der Waals surface area contributed by atoms with Gasteiger partial charge in [0.1, 0.15) is 17.2 Å². The number of carbonyl (C=O) groups excluding carboxylic acids is 1. The molecule has 6 nitrogen and oxygen atoms in total. The first-order valence-electron chi connectivity index (χ1n) is 9.53. The normalized spacial score (nSPS) is 12.1. The molecular weight excluding hydrogens is 385 g/mol. The largest absolute Gasteiger partial charge is 0.460 e. The van der Waals surface area contributed by atoms with Crippen molar-refractivity contribution in [1.29, 1.82) is 0 Å². The number of carbonyl (C=O) groups is 1. The van der Waals surface area contributed by atoms with Gasteiger partial charge in [0.2, 0.25) is 0 Å². The summed E-state index contributed by atoms with van der Waals surface area (Å²) >= 11 is 0. The molecule has 1 amide bonds. The topological polar surface area (TPSA) is 77.1 Å². The van der Waals surface area contributed by atoms with Gasteiger partial charge >= 0.3 is 0 Å². The van der Waals surface area contributed by atoms with Gasteiger partial charge in [-0.15, -0.1) is 0 Å². The molecule has 0 unspecified atom stereocenters. The molecule has 1 aromatic carbocycles. The lowest BCUT2D eigenvalue weighted by molar-refractivity contribution is 0.0939. The Balaban J connectivity index is 1.70. The first kappa shape index (κ1) is 19.6. The molecule has 3 aromatic heterocycles. The van der Waals surface area contributed by atoms with Crippen molar-refractivity contribution in [2.75, 3.05) is 0 Å². The quantitative estimate of drug-likeness (QED) is 0.545. The van der Waals surface area contributed by atoms with Crippen molar-refractivity contribution in [1.82, 2.24) is 14.9 Å². The molecule has 0 saturated heterocycles. The Morgan fingerprint density at radius 2 is 2.07 bits per heavy atom. The van der Waals surface area contributed by atoms with Crippen LogP contribution in [0.1, 0.15) is 40.3 Å². The number of rotatable bonds is 5. The predicted molar refractivity (Wildman–Crippen MR) is 111 cm³/mol. The van der Waals surface area contributed by atoms with Gasteiger partial charge in [0.15, 0.2) is 0 Å². The van der Waals surface area contributed by atoms with Gasteiger partial charge in [0.05, 0.1) is 29.2 Å². The molecule has 4 rings (SSSR count). The molecule has 152 valence electrons. The minimum Gasteiger partial charge on any atom is -0.460 e. The number of furan rings is 1. The summed E-state index contributed by atoms with van der Waals surface area (Å²) in [5.41, 5.74) is 1.52. The highest BCUT2D eigenvalue weighted by molar-refractivity contribution is 6.07. The van der Waals surface area contributed by atoms with E-state index in [9.17, 15) is 14.0 Å². The molecule has 0 aliphatic heterocycles. The Hall–Kier alpha value is -3.74. The maximum atomic E-state index is 13.5. The van der Waals surface area contributed by atoms with Crippen LogP contribution in [0, 0.1) is 12.7 Å². The maximum Gasteiger partial charge on any atom is 0.262 e. The predicted octanol–water partition coefficient (Wildman–Crippen LogP) is 3.98. The van der Waals surface area contributed by atoms with Gasteiger partial charge in [-0.05, 0) is 49.7 Å². The average Bonchev–Trinajstić information content (AvgIpc) is 3.07. The van der Waals surface area contributed by atoms with Gasteiger partial charge in [-0.3, -0.25) is 14.6 Å². The highest BCUT2D eigenvalue weighted by atomic mass is 19.1. The molecule has 0 fully saturated rings. The van der Waals surface area contributed by atoms with Crippen LogP contribution in [0.2, 0.25) is 0 Å². The lowest BCUT2D eigenvalue weighted by Crippen LogP contribution is -2.29. The van der Waals surface area contributed by atoms with E-state index in [-0.39, 0.29) is 34.9 Å². The lowest BCUT2D eigenvalue weighted by atomic mass is 10.1. The highest BCUT2D eigenvalue weighted by Crippen LogP contribution is 2.23. The second-order valence-corrected chi connectivity index (χ2v) is 7.10. The summed E-state index contributed by atoms with van der Waals surface area (Å²) in [5, 5.41) is 3.08. The minimum absolute atomic E-state index is 0.183. The molecular formula is C23H20FN3O3. The zero-order valence-electron chi connectivity index (χ0n) is 16.6. The molecule has 1 N–H and O–H groups in total. The summed E-state index contributed by atoms with van der Waals surface area (Å²) in [6.07, 6.45) is 3.23. The van der Waals surface area contributed by atoms with E-state index in [1.54, 1.807) is 43.6 Å². The number of nitrogens with zero attached hydrogens (tertiary/aromatic N) is 2. The smallest absolute Gasteiger partial charge is 0.262 e. The molecule has 0 spiro atoms. The van der Waals surface area contributed by atoms with E-state index in [2.05, 4.69) is 10.3 Å². The van der Waals surface area contributed by atoms with Crippen molar-refractivity contribution < 1.29 is 13.6 Å². The third-order valence-electron chi connectivity index (χ3n) is 4.94. The van der Waals surface area contributed by atoms with E-state index in [1.165, 1.54) is 16.7 Å². The number of fused-ring (bicyclic) bond motifs is 1. The summed E-state index contributed by atoms with van der Waals surface area (Å²) in [6, 6.07) is 12.8. The maximum absolute atomic E-state index is 13.5. The van der Waals surface area contributed by atoms with Crippen LogP contribution >= 0.6 is 0 Å². The van der Waals surface area contributed by atoms with E-state index >= 15 is 0 Å². The Morgan fingerprint density at radius 3 is 2.80 bits per heavy atom. The fourth-order valence-corrected chi connectivity index (χ4v) is 3.47. The van der Waals surface area contributed by atoms with Crippen molar-refractivity contribution in [3.63, 3.8) is 0 Å². The van der Waals surface area contributed by atoms with E-state index < -0.39 is 5.91 Å². The first-order chi connectivity index (χ1) is 14.4. The van der Waals surface area contributed by atoms with Crippen LogP contribution in [0.3, 0.4) is 0 Å². The van der Waals surface area contributed by atoms with Crippen LogP contribution in [-0.2, 0) is 6.54 Å². The van der Waals surface area contributed by atoms with Crippen LogP contribution in [0.25, 0.3) is 11.0 Å². The van der Waals surface area contributed by atoms with Gasteiger partial charge in [0, 0.05) is 12.4 Å². The van der Waals surface area contributed by atoms with Crippen molar-refractivity contribution >= 4 is 16.9 Å². The van der Waals surface area contributed by atoms with Crippen molar-refractivity contribution in [3.05, 3.63) is 99.7 Å². The first-order valence-corrected chi connectivity index (χ1v) is 9.53. The zero-order chi connectivity index (χ0) is 21.3. The SMILES string of the molecule is Cc1oc2ccn(Cc3cccc(F)c3)c(=O)c2c1C(=O)N[C@@H](C)c1ccccn1. The Morgan fingerprint density at radius 1 is 1.23 bits per heavy atom. The van der Waals surface area contributed by atoms with Crippen LogP contribution in [-0.4, -0.2) is 15.5 Å². The number of benzene rings is 1. The Labute approximate surface area is 172 Å². The monoisotopic (exact) mass is 405 g/mol. The fraction of sp³-hybridized carbons (Fsp3) is 0.174. The van der Waals surface area contributed by atoms with Gasteiger partial charge in [-0.25, -0.2) is 4.39 Å². The number of pyridine rings is 2. The third kappa shape index (κ3) is 3.74. The van der Waals surface area contributed by atoms with E-state index in [1.807, 2.05) is 19.1 Å². The number of halogens is 1. The molecule has 0 aliphatic carbocycles. The fourth-order valence-electron chi connectivity index (χ4n) is 3.47. The van der Waals surface area contributed by atoms with Crippen molar-refractivity contribution in [2.24, 2.45) is 0 Å². The number of nitrogens with one attached hydrogen (secondary N) is 1. The summed E-state index contributed by atoms with van der Waals surface area (Å²) < 4.78 is 20.6. The number of aryl methyl sites for hydroxylation is 1. The van der Waals surface area contributed by atoms with Crippen LogP contribution in [0.15, 0.2) is 70.1 Å². The number of amides is 1. The summed E-state index contributed by atoms with van der Waals surface area (Å²) in [6.45, 7) is 3.65. The van der Waals surface area contributed by atoms with Gasteiger partial charge in [-0.1, -0.05) is 18.2 Å².